The monoisotopic (exact) mass is 601 g/mol. The number of rotatable bonds is 7. The summed E-state index contributed by atoms with van der Waals surface area (Å²) in [6, 6.07) is 14.2. The molecule has 0 aliphatic rings. The third kappa shape index (κ3) is 5.25. The molecule has 0 saturated carbocycles. The number of aliphatic hydroxyl groups excluding tert-OH is 1. The Labute approximate surface area is 238 Å². The summed E-state index contributed by atoms with van der Waals surface area (Å²) in [5.41, 5.74) is 2.20. The van der Waals surface area contributed by atoms with Gasteiger partial charge in [-0.05, 0) is 61.4 Å². The van der Waals surface area contributed by atoms with Crippen LogP contribution in [0.2, 0.25) is 5.02 Å². The zero-order chi connectivity index (χ0) is 29.6. The van der Waals surface area contributed by atoms with E-state index in [1.165, 1.54) is 23.9 Å². The summed E-state index contributed by atoms with van der Waals surface area (Å²) in [5.74, 6) is -0.584. The Morgan fingerprint density at radius 3 is 2.27 bits per heavy atom. The highest BCUT2D eigenvalue weighted by atomic mass is 35.5. The normalized spacial score (nSPS) is 11.9. The number of benzene rings is 3. The van der Waals surface area contributed by atoms with Crippen LogP contribution in [0.1, 0.15) is 29.2 Å². The number of sulfone groups is 1. The number of aromatic nitrogens is 5. The predicted octanol–water partition coefficient (Wildman–Crippen LogP) is 6.03. The molecule has 0 fully saturated rings. The van der Waals surface area contributed by atoms with Crippen LogP contribution in [0.4, 0.5) is 13.2 Å². The summed E-state index contributed by atoms with van der Waals surface area (Å²) < 4.78 is 70.4. The smallest absolute Gasteiger partial charge is 0.282 e. The van der Waals surface area contributed by atoms with Crippen LogP contribution in [0.15, 0.2) is 65.7 Å². The van der Waals surface area contributed by atoms with Gasteiger partial charge >= 0.3 is 0 Å². The lowest BCUT2D eigenvalue weighted by molar-refractivity contribution is 0.145. The van der Waals surface area contributed by atoms with Crippen LogP contribution in [-0.4, -0.2) is 44.3 Å². The molecule has 2 aromatic heterocycles. The Kier molecular flexibility index (Phi) is 7.49. The van der Waals surface area contributed by atoms with E-state index in [1.807, 2.05) is 0 Å². The molecule has 0 radical (unpaired) electrons. The number of hydrogen-bond donors (Lipinski definition) is 1. The lowest BCUT2D eigenvalue weighted by Crippen LogP contribution is -2.09. The lowest BCUT2D eigenvalue weighted by atomic mass is 10.0. The van der Waals surface area contributed by atoms with Gasteiger partial charge in [0.15, 0.2) is 9.84 Å². The van der Waals surface area contributed by atoms with Gasteiger partial charge in [-0.3, -0.25) is 4.57 Å². The Bertz CT molecular complexity index is 1890. The van der Waals surface area contributed by atoms with Gasteiger partial charge in [0.05, 0.1) is 34.8 Å². The summed E-state index contributed by atoms with van der Waals surface area (Å²) in [6.45, 7) is 2.33. The first-order valence-corrected chi connectivity index (χ1v) is 14.5. The number of aliphatic hydroxyl groups is 1. The molecule has 0 saturated heterocycles. The van der Waals surface area contributed by atoms with Crippen molar-refractivity contribution in [2.75, 3.05) is 6.26 Å². The fraction of sp³-hybridized carbons (Fsp3) is 0.179. The molecule has 0 amide bonds. The molecule has 8 nitrogen and oxygen atoms in total. The summed E-state index contributed by atoms with van der Waals surface area (Å²) >= 11 is 6.07. The first-order chi connectivity index (χ1) is 19.4. The van der Waals surface area contributed by atoms with Crippen LogP contribution < -0.4 is 0 Å². The molecule has 1 N–H and O–H groups in total. The minimum Gasteiger partial charge on any atom is -0.392 e. The van der Waals surface area contributed by atoms with Crippen molar-refractivity contribution in [3.05, 3.63) is 94.4 Å². The Hall–Kier alpha value is -4.00. The van der Waals surface area contributed by atoms with Gasteiger partial charge in [-0.1, -0.05) is 35.0 Å². The zero-order valence-corrected chi connectivity index (χ0v) is 23.6. The van der Waals surface area contributed by atoms with Crippen molar-refractivity contribution in [2.24, 2.45) is 0 Å². The van der Waals surface area contributed by atoms with Gasteiger partial charge in [0, 0.05) is 28.1 Å². The van der Waals surface area contributed by atoms with Crippen molar-refractivity contribution in [2.45, 2.75) is 31.8 Å². The molecular formula is C28H23ClF3N5O3S. The maximum Gasteiger partial charge on any atom is 0.282 e. The van der Waals surface area contributed by atoms with E-state index >= 15 is 4.39 Å². The second kappa shape index (κ2) is 10.8. The highest BCUT2D eigenvalue weighted by molar-refractivity contribution is 7.90. The van der Waals surface area contributed by atoms with Crippen molar-refractivity contribution in [1.82, 2.24) is 24.5 Å². The summed E-state index contributed by atoms with van der Waals surface area (Å²) in [6.07, 6.45) is -0.343. The number of alkyl halides is 2. The molecular weight excluding hydrogens is 579 g/mol. The quantitative estimate of drug-likeness (QED) is 0.244. The molecule has 5 rings (SSSR count). The zero-order valence-electron chi connectivity index (χ0n) is 22.0. The second-order valence-electron chi connectivity index (χ2n) is 9.37. The minimum absolute atomic E-state index is 0.216. The highest BCUT2D eigenvalue weighted by Crippen LogP contribution is 2.35. The largest absolute Gasteiger partial charge is 0.392 e. The van der Waals surface area contributed by atoms with Crippen molar-refractivity contribution in [3.63, 3.8) is 0 Å². The molecule has 5 aromatic rings. The van der Waals surface area contributed by atoms with Gasteiger partial charge in [0.2, 0.25) is 0 Å². The molecule has 0 bridgehead atoms. The molecule has 2 heterocycles. The van der Waals surface area contributed by atoms with Crippen molar-refractivity contribution in [3.8, 4) is 33.8 Å². The summed E-state index contributed by atoms with van der Waals surface area (Å²) in [4.78, 5) is 3.72. The molecule has 0 unspecified atom stereocenters. The predicted molar refractivity (Wildman–Crippen MR) is 148 cm³/mol. The number of halogens is 4. The second-order valence-corrected chi connectivity index (χ2v) is 11.8. The third-order valence-corrected chi connectivity index (χ3v) is 8.11. The maximum atomic E-state index is 15.0. The standard InChI is InChI=1S/C28H23ClF3N5O3S/c1-15-27(28(31)32)34-16(2)36(15)23-9-6-18(19-10-22(30)21(14-38)26(12-19)41(3,39)40)11-24(23)37-25(13-33-35-37)17-4-7-20(29)8-5-17/h4-13,28,38H,14H2,1-3H3. The van der Waals surface area contributed by atoms with Gasteiger partial charge in [-0.15, -0.1) is 5.10 Å². The highest BCUT2D eigenvalue weighted by Gasteiger charge is 2.24. The molecule has 13 heteroatoms. The van der Waals surface area contributed by atoms with Crippen LogP contribution in [-0.2, 0) is 16.4 Å². The van der Waals surface area contributed by atoms with Crippen LogP contribution in [0.5, 0.6) is 0 Å². The minimum atomic E-state index is -3.89. The Balaban J connectivity index is 1.80. The lowest BCUT2D eigenvalue weighted by Gasteiger charge is -2.18. The molecule has 3 aromatic carbocycles. The summed E-state index contributed by atoms with van der Waals surface area (Å²) in [7, 11) is -3.89. The van der Waals surface area contributed by atoms with Crippen molar-refractivity contribution >= 4 is 21.4 Å². The van der Waals surface area contributed by atoms with E-state index in [-0.39, 0.29) is 27.4 Å². The Morgan fingerprint density at radius 1 is 0.976 bits per heavy atom. The van der Waals surface area contributed by atoms with Gasteiger partial charge in [0.25, 0.3) is 6.43 Å². The Morgan fingerprint density at radius 2 is 1.66 bits per heavy atom. The van der Waals surface area contributed by atoms with E-state index < -0.39 is 28.7 Å². The van der Waals surface area contributed by atoms with Crippen molar-refractivity contribution in [1.29, 1.82) is 0 Å². The van der Waals surface area contributed by atoms with E-state index in [4.69, 9.17) is 11.6 Å². The van der Waals surface area contributed by atoms with Gasteiger partial charge < -0.3 is 5.11 Å². The average molecular weight is 602 g/mol. The van der Waals surface area contributed by atoms with Gasteiger partial charge in [0.1, 0.15) is 17.3 Å². The number of aryl methyl sites for hydroxylation is 1. The fourth-order valence-corrected chi connectivity index (χ4v) is 5.86. The van der Waals surface area contributed by atoms with E-state index in [1.54, 1.807) is 54.0 Å². The topological polar surface area (TPSA) is 103 Å². The van der Waals surface area contributed by atoms with Crippen molar-refractivity contribution < 1.29 is 26.7 Å². The van der Waals surface area contributed by atoms with Crippen LogP contribution in [0, 0.1) is 19.7 Å². The van der Waals surface area contributed by atoms with Crippen LogP contribution in [0.25, 0.3) is 33.8 Å². The van der Waals surface area contributed by atoms with E-state index in [0.717, 1.165) is 12.3 Å². The SMILES string of the molecule is Cc1nc(C(F)F)c(C)n1-c1ccc(-c2cc(F)c(CO)c(S(C)(=O)=O)c2)cc1-n1nncc1-c1ccc(Cl)cc1. The maximum absolute atomic E-state index is 15.0. The summed E-state index contributed by atoms with van der Waals surface area (Å²) in [5, 5.41) is 18.5. The molecule has 0 aliphatic heterocycles. The molecule has 0 spiro atoms. The molecule has 0 atom stereocenters. The number of nitrogens with zero attached hydrogens (tertiary/aromatic N) is 5. The van der Waals surface area contributed by atoms with Gasteiger partial charge in [-0.2, -0.15) is 0 Å². The van der Waals surface area contributed by atoms with Crippen LogP contribution in [0.3, 0.4) is 0 Å². The first kappa shape index (κ1) is 28.5. The fourth-order valence-electron chi connectivity index (χ4n) is 4.78. The molecule has 0 aliphatic carbocycles. The van der Waals surface area contributed by atoms with E-state index in [2.05, 4.69) is 15.3 Å². The molecule has 212 valence electrons. The number of hydrogen-bond acceptors (Lipinski definition) is 6. The van der Waals surface area contributed by atoms with E-state index in [0.29, 0.717) is 39.0 Å². The molecule has 41 heavy (non-hydrogen) atoms. The first-order valence-electron chi connectivity index (χ1n) is 12.2. The number of imidazole rings is 1. The average Bonchev–Trinajstić information content (AvgIpc) is 3.52. The van der Waals surface area contributed by atoms with E-state index in [9.17, 15) is 22.3 Å². The van der Waals surface area contributed by atoms with Crippen LogP contribution >= 0.6 is 11.6 Å². The van der Waals surface area contributed by atoms with Gasteiger partial charge in [-0.25, -0.2) is 31.3 Å². The third-order valence-electron chi connectivity index (χ3n) is 6.70.